The van der Waals surface area contributed by atoms with Crippen molar-refractivity contribution >= 4 is 0 Å². The molecular weight excluding hydrogens is 264 g/mol. The lowest BCUT2D eigenvalue weighted by Crippen LogP contribution is -2.33. The average molecular weight is 280 g/mol. The highest BCUT2D eigenvalue weighted by atomic mass is 16.3. The molecule has 4 heterocycles. The largest absolute Gasteiger partial charge is 0.463 e. The number of hydrogen-bond donors (Lipinski definition) is 0. The van der Waals surface area contributed by atoms with Crippen LogP contribution in [0.15, 0.2) is 53.4 Å². The van der Waals surface area contributed by atoms with E-state index in [1.54, 1.807) is 6.26 Å². The van der Waals surface area contributed by atoms with Crippen LogP contribution in [-0.4, -0.2) is 26.0 Å². The number of rotatable bonds is 3. The van der Waals surface area contributed by atoms with E-state index in [-0.39, 0.29) is 0 Å². The first-order valence-corrected chi connectivity index (χ1v) is 7.11. The van der Waals surface area contributed by atoms with Gasteiger partial charge in [0.25, 0.3) is 0 Å². The Morgan fingerprint density at radius 1 is 1.10 bits per heavy atom. The molecule has 1 aliphatic rings. The molecular formula is C16H16N4O. The minimum absolute atomic E-state index is 0.845. The van der Waals surface area contributed by atoms with Crippen LogP contribution >= 0.6 is 0 Å². The molecule has 21 heavy (non-hydrogen) atoms. The van der Waals surface area contributed by atoms with Crippen LogP contribution < -0.4 is 0 Å². The Kier molecular flexibility index (Phi) is 3.05. The zero-order valence-electron chi connectivity index (χ0n) is 11.6. The van der Waals surface area contributed by atoms with Gasteiger partial charge in [0.2, 0.25) is 0 Å². The average Bonchev–Trinajstić information content (AvgIpc) is 3.16. The maximum atomic E-state index is 5.48. The standard InChI is InChI=1S/C16H16N4O/c1-2-6-17-13(4-1)11-19-7-8-20-14(10-18-16(20)12-19)15-5-3-9-21-15/h1-6,9-10H,7-8,11-12H2. The Labute approximate surface area is 122 Å². The van der Waals surface area contributed by atoms with Crippen LogP contribution in [0.4, 0.5) is 0 Å². The lowest BCUT2D eigenvalue weighted by molar-refractivity contribution is 0.207. The predicted molar refractivity (Wildman–Crippen MR) is 78.3 cm³/mol. The van der Waals surface area contributed by atoms with Gasteiger partial charge in [0.05, 0.1) is 24.7 Å². The molecule has 3 aromatic heterocycles. The monoisotopic (exact) mass is 280 g/mol. The van der Waals surface area contributed by atoms with Crippen LogP contribution in [-0.2, 0) is 19.6 Å². The number of hydrogen-bond acceptors (Lipinski definition) is 4. The Hall–Kier alpha value is -2.40. The third-order valence-corrected chi connectivity index (χ3v) is 3.83. The van der Waals surface area contributed by atoms with E-state index in [1.165, 1.54) is 0 Å². The van der Waals surface area contributed by atoms with E-state index in [0.717, 1.165) is 49.2 Å². The molecule has 0 amide bonds. The Bertz CT molecular complexity index is 718. The molecule has 0 radical (unpaired) electrons. The van der Waals surface area contributed by atoms with Crippen LogP contribution in [0.3, 0.4) is 0 Å². The molecule has 1 aliphatic heterocycles. The minimum Gasteiger partial charge on any atom is -0.463 e. The number of pyridine rings is 1. The zero-order chi connectivity index (χ0) is 14.1. The molecule has 106 valence electrons. The van der Waals surface area contributed by atoms with Crippen LogP contribution in [0.2, 0.25) is 0 Å². The molecule has 0 unspecified atom stereocenters. The number of nitrogens with zero attached hydrogens (tertiary/aromatic N) is 4. The molecule has 5 heteroatoms. The summed E-state index contributed by atoms with van der Waals surface area (Å²) in [5.74, 6) is 1.97. The molecule has 0 aromatic carbocycles. The Morgan fingerprint density at radius 3 is 2.90 bits per heavy atom. The summed E-state index contributed by atoms with van der Waals surface area (Å²) in [4.78, 5) is 11.3. The van der Waals surface area contributed by atoms with E-state index in [1.807, 2.05) is 36.7 Å². The highest BCUT2D eigenvalue weighted by Gasteiger charge is 2.21. The molecule has 0 atom stereocenters. The third kappa shape index (κ3) is 2.36. The van der Waals surface area contributed by atoms with Crippen LogP contribution in [0.1, 0.15) is 11.5 Å². The first-order valence-electron chi connectivity index (χ1n) is 7.11. The maximum absolute atomic E-state index is 5.48. The number of imidazole rings is 1. The molecule has 3 aromatic rings. The van der Waals surface area contributed by atoms with Gasteiger partial charge in [-0.1, -0.05) is 6.07 Å². The van der Waals surface area contributed by atoms with Crippen molar-refractivity contribution in [1.82, 2.24) is 19.4 Å². The first-order chi connectivity index (χ1) is 10.4. The second kappa shape index (κ2) is 5.18. The van der Waals surface area contributed by atoms with Gasteiger partial charge in [-0.25, -0.2) is 4.98 Å². The van der Waals surface area contributed by atoms with Gasteiger partial charge in [0, 0.05) is 25.8 Å². The summed E-state index contributed by atoms with van der Waals surface area (Å²) >= 11 is 0. The van der Waals surface area contributed by atoms with Crippen LogP contribution in [0.5, 0.6) is 0 Å². The highest BCUT2D eigenvalue weighted by molar-refractivity contribution is 5.52. The molecule has 0 bridgehead atoms. The summed E-state index contributed by atoms with van der Waals surface area (Å²) in [6.07, 6.45) is 5.44. The minimum atomic E-state index is 0.845. The van der Waals surface area contributed by atoms with Crippen molar-refractivity contribution in [2.45, 2.75) is 19.6 Å². The number of fused-ring (bicyclic) bond motifs is 1. The topological polar surface area (TPSA) is 47.1 Å². The SMILES string of the molecule is c1ccc(CN2CCn3c(-c4ccco4)cnc3C2)nc1. The quantitative estimate of drug-likeness (QED) is 0.739. The van der Waals surface area contributed by atoms with E-state index in [9.17, 15) is 0 Å². The predicted octanol–water partition coefficient (Wildman–Crippen LogP) is 2.55. The third-order valence-electron chi connectivity index (χ3n) is 3.83. The van der Waals surface area contributed by atoms with Crippen molar-refractivity contribution in [2.24, 2.45) is 0 Å². The van der Waals surface area contributed by atoms with Gasteiger partial charge in [-0.05, 0) is 24.3 Å². The molecule has 0 N–H and O–H groups in total. The van der Waals surface area contributed by atoms with E-state index >= 15 is 0 Å². The van der Waals surface area contributed by atoms with Gasteiger partial charge in [-0.2, -0.15) is 0 Å². The smallest absolute Gasteiger partial charge is 0.151 e. The molecule has 0 saturated carbocycles. The van der Waals surface area contributed by atoms with Crippen molar-refractivity contribution in [3.63, 3.8) is 0 Å². The molecule has 0 spiro atoms. The molecule has 0 saturated heterocycles. The lowest BCUT2D eigenvalue weighted by atomic mass is 10.2. The molecule has 4 rings (SSSR count). The summed E-state index contributed by atoms with van der Waals surface area (Å²) < 4.78 is 7.73. The first kappa shape index (κ1) is 12.3. The van der Waals surface area contributed by atoms with Gasteiger partial charge in [-0.3, -0.25) is 9.88 Å². The fourth-order valence-corrected chi connectivity index (χ4v) is 2.79. The van der Waals surface area contributed by atoms with Gasteiger partial charge in [0.15, 0.2) is 5.76 Å². The van der Waals surface area contributed by atoms with Gasteiger partial charge in [-0.15, -0.1) is 0 Å². The summed E-state index contributed by atoms with van der Waals surface area (Å²) in [5, 5.41) is 0. The van der Waals surface area contributed by atoms with Crippen molar-refractivity contribution in [3.8, 4) is 11.5 Å². The fourth-order valence-electron chi connectivity index (χ4n) is 2.79. The van der Waals surface area contributed by atoms with Gasteiger partial charge in [0.1, 0.15) is 11.5 Å². The lowest BCUT2D eigenvalue weighted by Gasteiger charge is -2.27. The molecule has 5 nitrogen and oxygen atoms in total. The van der Waals surface area contributed by atoms with Crippen LogP contribution in [0.25, 0.3) is 11.5 Å². The fraction of sp³-hybridized carbons (Fsp3) is 0.250. The second-order valence-electron chi connectivity index (χ2n) is 5.22. The van der Waals surface area contributed by atoms with Crippen LogP contribution in [0, 0.1) is 0 Å². The van der Waals surface area contributed by atoms with Crippen molar-refractivity contribution in [1.29, 1.82) is 0 Å². The summed E-state index contributed by atoms with van der Waals surface area (Å²) in [6, 6.07) is 9.93. The van der Waals surface area contributed by atoms with Gasteiger partial charge < -0.3 is 8.98 Å². The van der Waals surface area contributed by atoms with Crippen molar-refractivity contribution < 1.29 is 4.42 Å². The second-order valence-corrected chi connectivity index (χ2v) is 5.22. The van der Waals surface area contributed by atoms with E-state index in [2.05, 4.69) is 25.5 Å². The molecule has 0 aliphatic carbocycles. The highest BCUT2D eigenvalue weighted by Crippen LogP contribution is 2.24. The Morgan fingerprint density at radius 2 is 2.10 bits per heavy atom. The van der Waals surface area contributed by atoms with E-state index < -0.39 is 0 Å². The maximum Gasteiger partial charge on any atom is 0.151 e. The molecule has 0 fully saturated rings. The zero-order valence-corrected chi connectivity index (χ0v) is 11.6. The van der Waals surface area contributed by atoms with Crippen molar-refractivity contribution in [3.05, 3.63) is 60.5 Å². The number of aromatic nitrogens is 3. The van der Waals surface area contributed by atoms with Crippen molar-refractivity contribution in [2.75, 3.05) is 6.54 Å². The summed E-state index contributed by atoms with van der Waals surface area (Å²) in [7, 11) is 0. The summed E-state index contributed by atoms with van der Waals surface area (Å²) in [5.41, 5.74) is 2.16. The van der Waals surface area contributed by atoms with E-state index in [4.69, 9.17) is 4.42 Å². The Balaban J connectivity index is 1.54. The van der Waals surface area contributed by atoms with Gasteiger partial charge >= 0.3 is 0 Å². The number of furan rings is 1. The van der Waals surface area contributed by atoms with E-state index in [0.29, 0.717) is 0 Å². The summed E-state index contributed by atoms with van der Waals surface area (Å²) in [6.45, 7) is 3.63. The normalized spacial score (nSPS) is 15.0.